The number of imidazole rings is 1. The number of aromatic amines is 2. The number of hydrogen-bond acceptors (Lipinski definition) is 8. The Morgan fingerprint density at radius 3 is 2.50 bits per heavy atom. The second-order valence-electron chi connectivity index (χ2n) is 11.1. The van der Waals surface area contributed by atoms with Crippen LogP contribution < -0.4 is 10.0 Å². The van der Waals surface area contributed by atoms with Gasteiger partial charge in [0.15, 0.2) is 11.6 Å². The van der Waals surface area contributed by atoms with Crippen LogP contribution in [0.1, 0.15) is 11.1 Å². The van der Waals surface area contributed by atoms with Crippen LogP contribution in [0.15, 0.2) is 85.6 Å². The summed E-state index contributed by atoms with van der Waals surface area (Å²) >= 11 is 0. The summed E-state index contributed by atoms with van der Waals surface area (Å²) in [6.45, 7) is -0.105. The Balaban J connectivity index is 1.22. The van der Waals surface area contributed by atoms with Crippen LogP contribution in [0.3, 0.4) is 0 Å². The van der Waals surface area contributed by atoms with Crippen molar-refractivity contribution in [2.45, 2.75) is 13.0 Å². The van der Waals surface area contributed by atoms with Gasteiger partial charge in [-0.2, -0.15) is 5.10 Å². The number of pyridine rings is 3. The van der Waals surface area contributed by atoms with E-state index in [0.29, 0.717) is 44.5 Å². The summed E-state index contributed by atoms with van der Waals surface area (Å²) < 4.78 is 56.4. The number of carbonyl (C=O) groups is 1. The highest BCUT2D eigenvalue weighted by atomic mass is 32.2. The number of nitrogens with zero attached hydrogens (tertiary/aromatic N) is 5. The monoisotopic (exact) mass is 665 g/mol. The standard InChI is InChI=1S/C33H25F2N9O3S/c1-48(46,47)39-12-19-7-20(10-22(34)8-19)24-15-37-16-26-31(24)42-33(41-26)32-28-25(43-44-32)17-38-30(29(28)35)21-11-23(14-36-13-21)40-27(45)9-18-5-3-2-4-6-18/h2-8,10-11,13-17,39H,9,12H2,1H3,(H,40,45)(H,41,42)(H,43,44). The molecule has 0 bridgehead atoms. The molecule has 0 spiro atoms. The number of H-pyrrole nitrogens is 2. The topological polar surface area (TPSA) is 171 Å². The lowest BCUT2D eigenvalue weighted by molar-refractivity contribution is -0.115. The summed E-state index contributed by atoms with van der Waals surface area (Å²) in [6.07, 6.45) is 8.58. The Bertz CT molecular complexity index is 2450. The van der Waals surface area contributed by atoms with Crippen molar-refractivity contribution in [1.82, 2.24) is 39.8 Å². The van der Waals surface area contributed by atoms with Gasteiger partial charge in [0, 0.05) is 30.1 Å². The highest BCUT2D eigenvalue weighted by Gasteiger charge is 2.22. The van der Waals surface area contributed by atoms with Crippen molar-refractivity contribution in [3.05, 3.63) is 108 Å². The van der Waals surface area contributed by atoms with Gasteiger partial charge in [-0.1, -0.05) is 30.3 Å². The molecule has 0 saturated carbocycles. The molecule has 0 aliphatic heterocycles. The molecule has 12 nitrogen and oxygen atoms in total. The number of anilines is 1. The van der Waals surface area contributed by atoms with Gasteiger partial charge in [0.2, 0.25) is 15.9 Å². The molecule has 0 radical (unpaired) electrons. The zero-order valence-corrected chi connectivity index (χ0v) is 25.9. The van der Waals surface area contributed by atoms with Gasteiger partial charge in [0.05, 0.1) is 58.9 Å². The summed E-state index contributed by atoms with van der Waals surface area (Å²) in [5.41, 5.74) is 4.24. The molecule has 0 saturated heterocycles. The fourth-order valence-corrected chi connectivity index (χ4v) is 5.78. The lowest BCUT2D eigenvalue weighted by Gasteiger charge is -2.08. The molecule has 48 heavy (non-hydrogen) atoms. The quantitative estimate of drug-likeness (QED) is 0.164. The Hall–Kier alpha value is -5.93. The fourth-order valence-electron chi connectivity index (χ4n) is 5.35. The van der Waals surface area contributed by atoms with E-state index in [1.54, 1.807) is 12.1 Å². The first-order valence-corrected chi connectivity index (χ1v) is 16.4. The molecule has 0 unspecified atom stereocenters. The first-order valence-electron chi connectivity index (χ1n) is 14.5. The Morgan fingerprint density at radius 2 is 1.69 bits per heavy atom. The third-order valence-corrected chi connectivity index (χ3v) is 8.14. The number of aromatic nitrogens is 7. The molecular weight excluding hydrogens is 640 g/mol. The lowest BCUT2D eigenvalue weighted by Crippen LogP contribution is -2.21. The van der Waals surface area contributed by atoms with Crippen molar-refractivity contribution in [3.8, 4) is 33.9 Å². The van der Waals surface area contributed by atoms with Crippen molar-refractivity contribution in [1.29, 1.82) is 0 Å². The van der Waals surface area contributed by atoms with Crippen molar-refractivity contribution in [3.63, 3.8) is 0 Å². The molecule has 2 aromatic carbocycles. The van der Waals surface area contributed by atoms with E-state index in [9.17, 15) is 17.6 Å². The molecule has 7 aromatic rings. The second-order valence-corrected chi connectivity index (χ2v) is 12.9. The predicted octanol–water partition coefficient (Wildman–Crippen LogP) is 5.13. The third-order valence-electron chi connectivity index (χ3n) is 7.47. The van der Waals surface area contributed by atoms with E-state index in [2.05, 4.69) is 40.2 Å². The summed E-state index contributed by atoms with van der Waals surface area (Å²) in [5.74, 6) is -1.28. The Labute approximate surface area is 271 Å². The molecule has 0 aliphatic carbocycles. The van der Waals surface area contributed by atoms with Crippen LogP contribution in [-0.4, -0.2) is 55.7 Å². The van der Waals surface area contributed by atoms with Crippen LogP contribution in [0.4, 0.5) is 14.5 Å². The van der Waals surface area contributed by atoms with Crippen molar-refractivity contribution >= 4 is 43.6 Å². The Morgan fingerprint density at radius 1 is 0.875 bits per heavy atom. The second kappa shape index (κ2) is 12.4. The minimum atomic E-state index is -3.50. The number of carbonyl (C=O) groups excluding carboxylic acids is 1. The van der Waals surface area contributed by atoms with Gasteiger partial charge in [-0.25, -0.2) is 26.9 Å². The van der Waals surface area contributed by atoms with Crippen LogP contribution in [0, 0.1) is 11.6 Å². The van der Waals surface area contributed by atoms with E-state index < -0.39 is 21.7 Å². The molecule has 5 heterocycles. The summed E-state index contributed by atoms with van der Waals surface area (Å²) in [4.78, 5) is 33.2. The normalized spacial score (nSPS) is 11.7. The van der Waals surface area contributed by atoms with E-state index in [1.807, 2.05) is 30.3 Å². The fraction of sp³-hybridized carbons (Fsp3) is 0.0909. The molecule has 0 atom stereocenters. The van der Waals surface area contributed by atoms with E-state index in [-0.39, 0.29) is 41.5 Å². The number of sulfonamides is 1. The van der Waals surface area contributed by atoms with Gasteiger partial charge in [-0.15, -0.1) is 0 Å². The van der Waals surface area contributed by atoms with Gasteiger partial charge in [-0.05, 0) is 41.0 Å². The van der Waals surface area contributed by atoms with Crippen LogP contribution in [0.5, 0.6) is 0 Å². The maximum Gasteiger partial charge on any atom is 0.228 e. The van der Waals surface area contributed by atoms with E-state index in [0.717, 1.165) is 11.8 Å². The van der Waals surface area contributed by atoms with Crippen molar-refractivity contribution in [2.75, 3.05) is 11.6 Å². The number of rotatable bonds is 9. The number of benzene rings is 2. The Kier molecular flexibility index (Phi) is 7.90. The third kappa shape index (κ3) is 6.36. The summed E-state index contributed by atoms with van der Waals surface area (Å²) in [7, 11) is -3.50. The molecule has 0 fully saturated rings. The van der Waals surface area contributed by atoms with E-state index in [1.165, 1.54) is 43.1 Å². The van der Waals surface area contributed by atoms with Gasteiger partial charge in [0.1, 0.15) is 17.2 Å². The maximum absolute atomic E-state index is 16.3. The molecule has 4 N–H and O–H groups in total. The minimum absolute atomic E-state index is 0.00901. The summed E-state index contributed by atoms with van der Waals surface area (Å²) in [6, 6.07) is 15.0. The van der Waals surface area contributed by atoms with Gasteiger partial charge >= 0.3 is 0 Å². The largest absolute Gasteiger partial charge is 0.335 e. The van der Waals surface area contributed by atoms with E-state index in [4.69, 9.17) is 4.98 Å². The number of hydrogen-bond donors (Lipinski definition) is 4. The van der Waals surface area contributed by atoms with Crippen molar-refractivity contribution < 1.29 is 22.0 Å². The lowest BCUT2D eigenvalue weighted by atomic mass is 10.0. The predicted molar refractivity (Wildman–Crippen MR) is 176 cm³/mol. The summed E-state index contributed by atoms with van der Waals surface area (Å²) in [5, 5.41) is 10.0. The molecule has 15 heteroatoms. The highest BCUT2D eigenvalue weighted by Crippen LogP contribution is 2.35. The average molecular weight is 666 g/mol. The minimum Gasteiger partial charge on any atom is -0.335 e. The zero-order chi connectivity index (χ0) is 33.4. The van der Waals surface area contributed by atoms with Crippen LogP contribution in [0.2, 0.25) is 0 Å². The number of fused-ring (bicyclic) bond motifs is 2. The van der Waals surface area contributed by atoms with Crippen LogP contribution in [0.25, 0.3) is 55.8 Å². The van der Waals surface area contributed by atoms with Gasteiger partial charge < -0.3 is 10.3 Å². The zero-order valence-electron chi connectivity index (χ0n) is 25.1. The molecule has 0 aliphatic rings. The molecule has 240 valence electrons. The van der Waals surface area contributed by atoms with Crippen LogP contribution in [-0.2, 0) is 27.8 Å². The maximum atomic E-state index is 16.3. The molecule has 7 rings (SSSR count). The number of nitrogens with one attached hydrogen (secondary N) is 4. The molecule has 1 amide bonds. The first-order chi connectivity index (χ1) is 23.1. The molecular formula is C33H25F2N9O3S. The SMILES string of the molecule is CS(=O)(=O)NCc1cc(F)cc(-c2cncc3[nH]c(-c4n[nH]c5cnc(-c6cncc(NC(=O)Cc7ccccc7)c6)c(F)c45)nc23)c1. The van der Waals surface area contributed by atoms with Crippen LogP contribution >= 0.6 is 0 Å². The van der Waals surface area contributed by atoms with Gasteiger partial charge in [-0.3, -0.25) is 24.8 Å². The van der Waals surface area contributed by atoms with Crippen molar-refractivity contribution in [2.24, 2.45) is 0 Å². The number of amides is 1. The first kappa shape index (κ1) is 30.7. The smallest absolute Gasteiger partial charge is 0.228 e. The molecule has 5 aromatic heterocycles. The average Bonchev–Trinajstić information content (AvgIpc) is 3.69. The highest BCUT2D eigenvalue weighted by molar-refractivity contribution is 7.88. The number of halogens is 2. The van der Waals surface area contributed by atoms with Gasteiger partial charge in [0.25, 0.3) is 0 Å². The van der Waals surface area contributed by atoms with E-state index >= 15 is 4.39 Å².